The fraction of sp³-hybridized carbons (Fsp3) is 0.600. The number of likely N-dealkylation sites (N-methyl/N-ethyl adjacent to an activating group) is 1. The molecule has 0 saturated carbocycles. The molecule has 0 spiro atoms. The molecule has 2 N–H and O–H groups in total. The molecule has 11 heteroatoms. The number of piperazine rings is 1. The van der Waals surface area contributed by atoms with E-state index in [4.69, 9.17) is 0 Å². The number of amides is 4. The van der Waals surface area contributed by atoms with Crippen molar-refractivity contribution in [3.63, 3.8) is 0 Å². The Balaban J connectivity index is 1.85. The summed E-state index contributed by atoms with van der Waals surface area (Å²) in [5, 5.41) is 15.2. The number of hydrogen-bond donors (Lipinski definition) is 2. The number of carboxylic acid groups (broad SMARTS) is 1. The number of carbonyl (C=O) groups excluding carboxylic acids is 3. The molecule has 0 aliphatic carbocycles. The Bertz CT molecular complexity index is 959. The van der Waals surface area contributed by atoms with E-state index in [-0.39, 0.29) is 31.4 Å². The molecule has 1 aromatic rings. The molecule has 0 bridgehead atoms. The Morgan fingerprint density at radius 1 is 1.19 bits per heavy atom. The van der Waals surface area contributed by atoms with Gasteiger partial charge in [-0.05, 0) is 30.0 Å². The topological polar surface area (TPSA) is 114 Å². The number of unbranched alkanes of at least 4 members (excludes halogenated alkanes) is 1. The molecule has 198 valence electrons. The number of hydrazine groups is 1. The van der Waals surface area contributed by atoms with E-state index in [0.717, 1.165) is 25.7 Å². The van der Waals surface area contributed by atoms with Crippen LogP contribution in [0.1, 0.15) is 51.5 Å². The third-order valence-corrected chi connectivity index (χ3v) is 6.89. The highest BCUT2D eigenvalue weighted by molar-refractivity contribution is 5.93. The quantitative estimate of drug-likeness (QED) is 0.504. The maximum atomic E-state index is 13.4. The van der Waals surface area contributed by atoms with Gasteiger partial charge in [0.1, 0.15) is 18.0 Å². The number of urea groups is 1. The van der Waals surface area contributed by atoms with Gasteiger partial charge in [0.25, 0.3) is 0 Å². The molecule has 2 heterocycles. The van der Waals surface area contributed by atoms with Crippen molar-refractivity contribution in [2.45, 2.75) is 64.7 Å². The minimum absolute atomic E-state index is 0.0949. The second-order valence-electron chi connectivity index (χ2n) is 9.50. The van der Waals surface area contributed by atoms with Gasteiger partial charge in [-0.15, -0.1) is 0 Å². The van der Waals surface area contributed by atoms with E-state index in [1.807, 2.05) is 0 Å². The number of hydrogen-bond acceptors (Lipinski definition) is 5. The summed E-state index contributed by atoms with van der Waals surface area (Å²) < 4.78 is 13.2. The molecule has 3 rings (SSSR count). The smallest absolute Gasteiger partial charge is 0.334 e. The lowest BCUT2D eigenvalue weighted by molar-refractivity contribution is -0.189. The van der Waals surface area contributed by atoms with E-state index in [9.17, 15) is 28.7 Å². The fourth-order valence-corrected chi connectivity index (χ4v) is 4.92. The number of halogens is 1. The summed E-state index contributed by atoms with van der Waals surface area (Å²) in [5.74, 6) is -2.12. The molecule has 3 atom stereocenters. The molecule has 2 aliphatic heterocycles. The van der Waals surface area contributed by atoms with E-state index in [0.29, 0.717) is 12.1 Å². The lowest BCUT2D eigenvalue weighted by Crippen LogP contribution is -2.76. The van der Waals surface area contributed by atoms with Gasteiger partial charge >= 0.3 is 12.0 Å². The fourth-order valence-electron chi connectivity index (χ4n) is 4.92. The van der Waals surface area contributed by atoms with E-state index >= 15 is 0 Å². The zero-order chi connectivity index (χ0) is 26.4. The highest BCUT2D eigenvalue weighted by Gasteiger charge is 2.51. The molecule has 36 heavy (non-hydrogen) atoms. The van der Waals surface area contributed by atoms with Gasteiger partial charge in [-0.3, -0.25) is 14.4 Å². The van der Waals surface area contributed by atoms with Crippen LogP contribution in [0.3, 0.4) is 0 Å². The maximum Gasteiger partial charge on any atom is 0.334 e. The van der Waals surface area contributed by atoms with Gasteiger partial charge in [0, 0.05) is 20.1 Å². The van der Waals surface area contributed by atoms with Crippen LogP contribution < -0.4 is 5.32 Å². The number of nitrogens with zero attached hydrogens (tertiary/aromatic N) is 4. The summed E-state index contributed by atoms with van der Waals surface area (Å²) >= 11 is 0. The number of fused-ring (bicyclic) bond motifs is 1. The lowest BCUT2D eigenvalue weighted by Gasteiger charge is -2.54. The summed E-state index contributed by atoms with van der Waals surface area (Å²) in [4.78, 5) is 54.2. The third-order valence-electron chi connectivity index (χ3n) is 6.89. The number of nitrogens with one attached hydrogen (secondary N) is 1. The molecule has 4 amide bonds. The van der Waals surface area contributed by atoms with Crippen molar-refractivity contribution in [2.24, 2.45) is 5.92 Å². The Labute approximate surface area is 211 Å². The zero-order valence-electron chi connectivity index (χ0n) is 21.2. The van der Waals surface area contributed by atoms with E-state index in [1.54, 1.807) is 24.1 Å². The van der Waals surface area contributed by atoms with E-state index < -0.39 is 42.4 Å². The minimum atomic E-state index is -1.19. The highest BCUT2D eigenvalue weighted by Crippen LogP contribution is 2.28. The molecular formula is C25H36FN5O5. The molecule has 2 unspecified atom stereocenters. The van der Waals surface area contributed by atoms with Gasteiger partial charge in [0.15, 0.2) is 0 Å². The molecule has 10 nitrogen and oxygen atoms in total. The molecule has 2 fully saturated rings. The van der Waals surface area contributed by atoms with Crippen LogP contribution in [0.15, 0.2) is 24.3 Å². The zero-order valence-corrected chi connectivity index (χ0v) is 21.2. The van der Waals surface area contributed by atoms with Crippen LogP contribution in [0.2, 0.25) is 0 Å². The predicted octanol–water partition coefficient (Wildman–Crippen LogP) is 2.25. The standard InChI is InChI=1S/C25H36FN5O5/c1-4-6-7-17(5-2)14-29-15-21-30(20(24(29)35)12-23(33)34)22(32)16-28(3)31(21)25(36)27-13-18-8-10-19(26)11-9-18/h8-11,17,20-21H,4-7,12-16H2,1-3H3,(H,27,36)(H,33,34)/t17?,20?,21-/m0/s1. The molecule has 0 aromatic heterocycles. The van der Waals surface area contributed by atoms with Crippen molar-refractivity contribution >= 4 is 23.8 Å². The van der Waals surface area contributed by atoms with Gasteiger partial charge in [-0.1, -0.05) is 45.2 Å². The van der Waals surface area contributed by atoms with Crippen molar-refractivity contribution in [2.75, 3.05) is 26.7 Å². The first-order valence-electron chi connectivity index (χ1n) is 12.5. The number of carboxylic acids is 1. The first-order valence-corrected chi connectivity index (χ1v) is 12.5. The monoisotopic (exact) mass is 505 g/mol. The molecule has 2 aliphatic rings. The molecule has 2 saturated heterocycles. The van der Waals surface area contributed by atoms with Gasteiger partial charge in [-0.2, -0.15) is 0 Å². The largest absolute Gasteiger partial charge is 0.481 e. The third kappa shape index (κ3) is 6.31. The van der Waals surface area contributed by atoms with E-state index in [2.05, 4.69) is 19.2 Å². The first kappa shape index (κ1) is 27.4. The Morgan fingerprint density at radius 3 is 2.50 bits per heavy atom. The van der Waals surface area contributed by atoms with Crippen molar-refractivity contribution < 1.29 is 28.7 Å². The van der Waals surface area contributed by atoms with Crippen molar-refractivity contribution in [3.05, 3.63) is 35.6 Å². The number of carbonyl (C=O) groups is 4. The van der Waals surface area contributed by atoms with Gasteiger partial charge < -0.3 is 20.2 Å². The second kappa shape index (κ2) is 12.2. The molecular weight excluding hydrogens is 469 g/mol. The summed E-state index contributed by atoms with van der Waals surface area (Å²) in [6.07, 6.45) is 2.49. The average molecular weight is 506 g/mol. The summed E-state index contributed by atoms with van der Waals surface area (Å²) in [7, 11) is 1.61. The van der Waals surface area contributed by atoms with Gasteiger partial charge in [0.2, 0.25) is 11.8 Å². The average Bonchev–Trinajstić information content (AvgIpc) is 2.83. The summed E-state index contributed by atoms with van der Waals surface area (Å²) in [5.41, 5.74) is 0.697. The summed E-state index contributed by atoms with van der Waals surface area (Å²) in [6, 6.07) is 4.06. The van der Waals surface area contributed by atoms with E-state index in [1.165, 1.54) is 27.1 Å². The van der Waals surface area contributed by atoms with Crippen molar-refractivity contribution in [3.8, 4) is 0 Å². The van der Waals surface area contributed by atoms with Crippen molar-refractivity contribution in [1.29, 1.82) is 0 Å². The van der Waals surface area contributed by atoms with Crippen LogP contribution in [0, 0.1) is 11.7 Å². The number of rotatable bonds is 10. The maximum absolute atomic E-state index is 13.4. The normalized spacial score (nSPS) is 21.4. The number of benzene rings is 1. The molecule has 0 radical (unpaired) electrons. The second-order valence-corrected chi connectivity index (χ2v) is 9.50. The minimum Gasteiger partial charge on any atom is -0.481 e. The van der Waals surface area contributed by atoms with Gasteiger partial charge in [0.05, 0.1) is 19.5 Å². The molecule has 1 aromatic carbocycles. The van der Waals surface area contributed by atoms with Crippen LogP contribution in [0.4, 0.5) is 9.18 Å². The van der Waals surface area contributed by atoms with Crippen molar-refractivity contribution in [1.82, 2.24) is 25.1 Å². The van der Waals surface area contributed by atoms with Crippen LogP contribution in [0.25, 0.3) is 0 Å². The Kier molecular flexibility index (Phi) is 9.25. The van der Waals surface area contributed by atoms with Crippen LogP contribution >= 0.6 is 0 Å². The lowest BCUT2D eigenvalue weighted by atomic mass is 9.96. The van der Waals surface area contributed by atoms with Crippen LogP contribution in [-0.4, -0.2) is 87.6 Å². The Hall–Kier alpha value is -3.21. The van der Waals surface area contributed by atoms with Gasteiger partial charge in [-0.25, -0.2) is 19.2 Å². The van der Waals surface area contributed by atoms with Crippen LogP contribution in [0.5, 0.6) is 0 Å². The SMILES string of the molecule is CCCCC(CC)CN1C[C@H]2N(C(=O)CN(C)N2C(=O)NCc2ccc(F)cc2)C(CC(=O)O)C1=O. The first-order chi connectivity index (χ1) is 17.2. The highest BCUT2D eigenvalue weighted by atomic mass is 19.1. The summed E-state index contributed by atoms with van der Waals surface area (Å²) in [6.45, 7) is 4.67. The number of aliphatic carboxylic acids is 1. The van der Waals surface area contributed by atoms with Crippen LogP contribution in [-0.2, 0) is 20.9 Å². The predicted molar refractivity (Wildman–Crippen MR) is 130 cm³/mol. The Morgan fingerprint density at radius 2 is 1.89 bits per heavy atom.